The Balaban J connectivity index is 1.44. The molecule has 6 nitrogen and oxygen atoms in total. The number of fused-ring (bicyclic) bond motifs is 1. The number of hydrogen-bond acceptors (Lipinski definition) is 3. The summed E-state index contributed by atoms with van der Waals surface area (Å²) in [4.78, 5) is 33.1. The fourth-order valence-corrected chi connectivity index (χ4v) is 3.53. The number of aromatic nitrogens is 1. The van der Waals surface area contributed by atoms with Crippen LogP contribution in [0.2, 0.25) is 0 Å². The van der Waals surface area contributed by atoms with Crippen LogP contribution in [0.1, 0.15) is 16.1 Å². The van der Waals surface area contributed by atoms with Crippen LogP contribution >= 0.6 is 0 Å². The summed E-state index contributed by atoms with van der Waals surface area (Å²) in [5.41, 5.74) is 2.05. The topological polar surface area (TPSA) is 65.5 Å². The van der Waals surface area contributed by atoms with Gasteiger partial charge in [-0.15, -0.1) is 0 Å². The molecule has 2 aromatic carbocycles. The van der Waals surface area contributed by atoms with Gasteiger partial charge in [0.25, 0.3) is 5.91 Å². The maximum Gasteiger partial charge on any atom is 0.321 e. The average molecular weight is 410 g/mol. The lowest BCUT2D eigenvalue weighted by atomic mass is 10.1. The molecule has 8 heteroatoms. The summed E-state index contributed by atoms with van der Waals surface area (Å²) >= 11 is 0. The molecular weight excluding hydrogens is 390 g/mol. The number of hydrogen-bond donors (Lipinski definition) is 1. The number of carbonyl (C=O) groups excluding carboxylic acids is 2. The first kappa shape index (κ1) is 19.8. The third-order valence-corrected chi connectivity index (χ3v) is 5.08. The molecular formula is C22H20F2N4O2. The molecule has 30 heavy (non-hydrogen) atoms. The van der Waals surface area contributed by atoms with Gasteiger partial charge in [0.15, 0.2) is 0 Å². The molecule has 1 aromatic heterocycles. The van der Waals surface area contributed by atoms with E-state index >= 15 is 0 Å². The number of piperazine rings is 1. The number of amides is 3. The van der Waals surface area contributed by atoms with Crippen LogP contribution in [-0.2, 0) is 0 Å². The van der Waals surface area contributed by atoms with Gasteiger partial charge in [-0.2, -0.15) is 0 Å². The number of benzene rings is 2. The van der Waals surface area contributed by atoms with Crippen molar-refractivity contribution in [2.45, 2.75) is 6.92 Å². The van der Waals surface area contributed by atoms with E-state index in [0.717, 1.165) is 0 Å². The van der Waals surface area contributed by atoms with Crippen molar-refractivity contribution in [2.75, 3.05) is 31.5 Å². The van der Waals surface area contributed by atoms with Crippen LogP contribution in [-0.4, -0.2) is 52.9 Å². The molecule has 1 fully saturated rings. The monoisotopic (exact) mass is 410 g/mol. The van der Waals surface area contributed by atoms with Gasteiger partial charge in [0.2, 0.25) is 0 Å². The van der Waals surface area contributed by atoms with Crippen LogP contribution in [0, 0.1) is 18.6 Å². The van der Waals surface area contributed by atoms with Gasteiger partial charge in [0.1, 0.15) is 11.6 Å². The molecule has 0 bridgehead atoms. The molecule has 3 amide bonds. The van der Waals surface area contributed by atoms with Crippen molar-refractivity contribution in [2.24, 2.45) is 0 Å². The third kappa shape index (κ3) is 4.07. The number of halogens is 2. The van der Waals surface area contributed by atoms with Gasteiger partial charge in [0, 0.05) is 49.0 Å². The molecule has 0 unspecified atom stereocenters. The molecule has 2 heterocycles. The Kier molecular flexibility index (Phi) is 5.31. The highest BCUT2D eigenvalue weighted by Crippen LogP contribution is 2.22. The van der Waals surface area contributed by atoms with Crippen LogP contribution < -0.4 is 5.32 Å². The first-order valence-electron chi connectivity index (χ1n) is 9.58. The Hall–Kier alpha value is -3.55. The number of carbonyl (C=O) groups is 2. The van der Waals surface area contributed by atoms with E-state index in [-0.39, 0.29) is 17.8 Å². The highest BCUT2D eigenvalue weighted by Gasteiger charge is 2.26. The van der Waals surface area contributed by atoms with E-state index in [0.29, 0.717) is 54.0 Å². The van der Waals surface area contributed by atoms with Crippen molar-refractivity contribution in [1.82, 2.24) is 14.8 Å². The zero-order valence-corrected chi connectivity index (χ0v) is 16.4. The number of nitrogens with zero attached hydrogens (tertiary/aromatic N) is 3. The van der Waals surface area contributed by atoms with Crippen LogP contribution in [0.25, 0.3) is 10.9 Å². The van der Waals surface area contributed by atoms with E-state index in [1.807, 2.05) is 0 Å². The van der Waals surface area contributed by atoms with Gasteiger partial charge in [-0.05, 0) is 49.4 Å². The Bertz CT molecular complexity index is 1100. The standard InChI is InChI=1S/C22H20F2N4O2/c1-14-12-19(18-7-4-16(24)13-20(18)25-14)21(29)27-8-10-28(11-9-27)22(30)26-17-5-2-15(23)3-6-17/h2-7,12-13H,8-11H2,1H3,(H,26,30). The minimum Gasteiger partial charge on any atom is -0.335 e. The Morgan fingerprint density at radius 1 is 0.900 bits per heavy atom. The minimum atomic E-state index is -0.403. The van der Waals surface area contributed by atoms with Crippen molar-refractivity contribution in [3.8, 4) is 0 Å². The third-order valence-electron chi connectivity index (χ3n) is 5.08. The molecule has 1 aliphatic rings. The summed E-state index contributed by atoms with van der Waals surface area (Å²) in [6, 6.07) is 11.1. The summed E-state index contributed by atoms with van der Waals surface area (Å²) in [6.07, 6.45) is 0. The summed E-state index contributed by atoms with van der Waals surface area (Å²) in [5.74, 6) is -0.947. The normalized spacial score (nSPS) is 14.1. The maximum atomic E-state index is 13.6. The number of nitrogens with one attached hydrogen (secondary N) is 1. The summed E-state index contributed by atoms with van der Waals surface area (Å²) in [6.45, 7) is 3.25. The lowest BCUT2D eigenvalue weighted by molar-refractivity contribution is 0.0673. The largest absolute Gasteiger partial charge is 0.335 e. The molecule has 1 saturated heterocycles. The summed E-state index contributed by atoms with van der Waals surface area (Å²) in [5, 5.41) is 3.33. The van der Waals surface area contributed by atoms with E-state index in [4.69, 9.17) is 0 Å². The van der Waals surface area contributed by atoms with Crippen LogP contribution in [0.3, 0.4) is 0 Å². The number of urea groups is 1. The van der Waals surface area contributed by atoms with Gasteiger partial charge >= 0.3 is 6.03 Å². The second kappa shape index (κ2) is 8.06. The van der Waals surface area contributed by atoms with E-state index in [1.54, 1.807) is 28.9 Å². The molecule has 1 aliphatic heterocycles. The lowest BCUT2D eigenvalue weighted by Crippen LogP contribution is -2.51. The molecule has 0 saturated carbocycles. The SMILES string of the molecule is Cc1cc(C(=O)N2CCN(C(=O)Nc3ccc(F)cc3)CC2)c2ccc(F)cc2n1. The first-order chi connectivity index (χ1) is 14.4. The minimum absolute atomic E-state index is 0.171. The Labute approximate surface area is 172 Å². The number of aryl methyl sites for hydroxylation is 1. The predicted octanol–water partition coefficient (Wildman–Crippen LogP) is 3.81. The average Bonchev–Trinajstić information content (AvgIpc) is 2.74. The fourth-order valence-electron chi connectivity index (χ4n) is 3.53. The van der Waals surface area contributed by atoms with E-state index in [2.05, 4.69) is 10.3 Å². The highest BCUT2D eigenvalue weighted by atomic mass is 19.1. The predicted molar refractivity (Wildman–Crippen MR) is 109 cm³/mol. The van der Waals surface area contributed by atoms with Crippen molar-refractivity contribution in [3.63, 3.8) is 0 Å². The summed E-state index contributed by atoms with van der Waals surface area (Å²) in [7, 11) is 0. The lowest BCUT2D eigenvalue weighted by Gasteiger charge is -2.35. The van der Waals surface area contributed by atoms with Crippen LogP contribution in [0.4, 0.5) is 19.3 Å². The molecule has 0 aliphatic carbocycles. The summed E-state index contributed by atoms with van der Waals surface area (Å²) < 4.78 is 26.5. The number of rotatable bonds is 2. The van der Waals surface area contributed by atoms with Gasteiger partial charge < -0.3 is 15.1 Å². The molecule has 154 valence electrons. The molecule has 4 rings (SSSR count). The smallest absolute Gasteiger partial charge is 0.321 e. The van der Waals surface area contributed by atoms with Crippen molar-refractivity contribution in [1.29, 1.82) is 0 Å². The zero-order chi connectivity index (χ0) is 21.3. The van der Waals surface area contributed by atoms with Gasteiger partial charge in [-0.1, -0.05) is 0 Å². The first-order valence-corrected chi connectivity index (χ1v) is 9.58. The highest BCUT2D eigenvalue weighted by molar-refractivity contribution is 6.06. The van der Waals surface area contributed by atoms with E-state index in [9.17, 15) is 18.4 Å². The molecule has 0 radical (unpaired) electrons. The van der Waals surface area contributed by atoms with Crippen molar-refractivity contribution in [3.05, 3.63) is 71.4 Å². The van der Waals surface area contributed by atoms with Gasteiger partial charge in [-0.3, -0.25) is 9.78 Å². The Morgan fingerprint density at radius 3 is 2.23 bits per heavy atom. The maximum absolute atomic E-state index is 13.6. The molecule has 1 N–H and O–H groups in total. The van der Waals surface area contributed by atoms with Gasteiger partial charge in [-0.25, -0.2) is 13.6 Å². The Morgan fingerprint density at radius 2 is 1.53 bits per heavy atom. The van der Waals surface area contributed by atoms with Gasteiger partial charge in [0.05, 0.1) is 11.1 Å². The molecule has 3 aromatic rings. The van der Waals surface area contributed by atoms with Crippen molar-refractivity contribution >= 4 is 28.5 Å². The zero-order valence-electron chi connectivity index (χ0n) is 16.4. The quantitative estimate of drug-likeness (QED) is 0.699. The van der Waals surface area contributed by atoms with E-state index in [1.165, 1.54) is 36.4 Å². The second-order valence-corrected chi connectivity index (χ2v) is 7.19. The van der Waals surface area contributed by atoms with E-state index < -0.39 is 5.82 Å². The fraction of sp³-hybridized carbons (Fsp3) is 0.227. The van der Waals surface area contributed by atoms with Crippen LogP contribution in [0.15, 0.2) is 48.5 Å². The van der Waals surface area contributed by atoms with Crippen LogP contribution in [0.5, 0.6) is 0 Å². The molecule has 0 atom stereocenters. The number of anilines is 1. The van der Waals surface area contributed by atoms with Crippen molar-refractivity contribution < 1.29 is 18.4 Å². The number of pyridine rings is 1. The molecule has 0 spiro atoms. The second-order valence-electron chi connectivity index (χ2n) is 7.19.